The number of benzene rings is 1. The van der Waals surface area contributed by atoms with Gasteiger partial charge in [0, 0.05) is 25.5 Å². The normalized spacial score (nSPS) is 20.4. The zero-order chi connectivity index (χ0) is 32.3. The summed E-state index contributed by atoms with van der Waals surface area (Å²) in [5, 5.41) is 5.76. The number of aliphatic imine (C=N–C) groups is 1. The summed E-state index contributed by atoms with van der Waals surface area (Å²) in [5.74, 6) is -0.582. The van der Waals surface area contributed by atoms with E-state index in [0.29, 0.717) is 42.1 Å². The molecule has 240 valence electrons. The fraction of sp³-hybridized carbons (Fsp3) is 0.529. The molecule has 4 rings (SSSR count). The number of hydrogen-bond acceptors (Lipinski definition) is 4. The third-order valence-corrected chi connectivity index (χ3v) is 8.45. The van der Waals surface area contributed by atoms with Gasteiger partial charge in [-0.25, -0.2) is 0 Å². The van der Waals surface area contributed by atoms with Crippen LogP contribution in [0.25, 0.3) is 0 Å². The lowest BCUT2D eigenvalue weighted by Gasteiger charge is -2.31. The maximum absolute atomic E-state index is 13.7. The third kappa shape index (κ3) is 8.70. The third-order valence-electron chi connectivity index (χ3n) is 8.45. The summed E-state index contributed by atoms with van der Waals surface area (Å²) in [6, 6.07) is 6.96. The first-order chi connectivity index (χ1) is 21.0. The number of allylic oxidation sites excluding steroid dienone is 5. The summed E-state index contributed by atoms with van der Waals surface area (Å²) >= 11 is 0. The van der Waals surface area contributed by atoms with Gasteiger partial charge < -0.3 is 15.5 Å². The van der Waals surface area contributed by atoms with Gasteiger partial charge in [-0.3, -0.25) is 19.4 Å². The fourth-order valence-corrected chi connectivity index (χ4v) is 6.13. The molecule has 1 unspecified atom stereocenters. The topological polar surface area (TPSA) is 90.9 Å². The van der Waals surface area contributed by atoms with Crippen molar-refractivity contribution in [2.45, 2.75) is 102 Å². The van der Waals surface area contributed by atoms with E-state index in [1.54, 1.807) is 31.3 Å². The lowest BCUT2D eigenvalue weighted by molar-refractivity contribution is -0.135. The first-order valence-corrected chi connectivity index (χ1v) is 15.7. The zero-order valence-corrected chi connectivity index (χ0v) is 26.0. The molecule has 10 heteroatoms. The molecule has 1 atom stereocenters. The Morgan fingerprint density at radius 1 is 1.11 bits per heavy atom. The number of nitrogens with zero attached hydrogens (tertiary/aromatic N) is 2. The van der Waals surface area contributed by atoms with E-state index in [9.17, 15) is 27.6 Å². The van der Waals surface area contributed by atoms with Gasteiger partial charge in [-0.2, -0.15) is 13.2 Å². The standard InChI is InChI=1S/C32H39F3N4O3.C2H6/c1-3-11-23(32(33,34)35)14-10-16-25-24-15-6-7-17-26(24)39(2)29(41)28(36-25)37-30(42)31(20-8-9-21-31)38-27(40)19-18-22-12-4-5-13-22;1-2/h3,6-7,10-11,14-15,17,22,28H,1,4-5,8-9,12-13,16,18-21H2,2H3,(H,37,42)(H,38,40);1-2H3/b14-10-,23-11+;. The van der Waals surface area contributed by atoms with Gasteiger partial charge in [0.05, 0.1) is 17.0 Å². The van der Waals surface area contributed by atoms with Gasteiger partial charge in [0.25, 0.3) is 5.91 Å². The van der Waals surface area contributed by atoms with Crippen LogP contribution in [-0.4, -0.2) is 48.4 Å². The Labute approximate surface area is 258 Å². The molecule has 3 amide bonds. The van der Waals surface area contributed by atoms with Crippen LogP contribution in [0, 0.1) is 5.92 Å². The number of carbonyl (C=O) groups excluding carboxylic acids is 3. The van der Waals surface area contributed by atoms with Gasteiger partial charge in [-0.15, -0.1) is 0 Å². The molecule has 1 aromatic rings. The molecule has 0 spiro atoms. The molecule has 1 heterocycles. The first kappa shape index (κ1) is 34.8. The Kier molecular flexibility index (Phi) is 12.5. The highest BCUT2D eigenvalue weighted by molar-refractivity contribution is 6.13. The highest BCUT2D eigenvalue weighted by Crippen LogP contribution is 2.33. The van der Waals surface area contributed by atoms with Gasteiger partial charge in [0.2, 0.25) is 18.0 Å². The van der Waals surface area contributed by atoms with Crippen LogP contribution in [0.4, 0.5) is 18.9 Å². The van der Waals surface area contributed by atoms with Gasteiger partial charge in [0.15, 0.2) is 0 Å². The molecular weight excluding hydrogens is 569 g/mol. The number of benzodiazepines with no additional fused rings is 1. The number of para-hydroxylation sites is 1. The molecule has 0 bridgehead atoms. The minimum atomic E-state index is -4.56. The number of hydrogen-bond donors (Lipinski definition) is 2. The largest absolute Gasteiger partial charge is 0.416 e. The van der Waals surface area contributed by atoms with Crippen LogP contribution in [0.5, 0.6) is 0 Å². The highest BCUT2D eigenvalue weighted by atomic mass is 19.4. The molecule has 0 radical (unpaired) electrons. The minimum absolute atomic E-state index is 0.0158. The highest BCUT2D eigenvalue weighted by Gasteiger charge is 2.44. The Morgan fingerprint density at radius 2 is 1.77 bits per heavy atom. The average molecular weight is 615 g/mol. The Bertz CT molecular complexity index is 1270. The van der Waals surface area contributed by atoms with Crippen molar-refractivity contribution in [2.24, 2.45) is 10.9 Å². The molecule has 0 saturated heterocycles. The van der Waals surface area contributed by atoms with Crippen LogP contribution in [0.3, 0.4) is 0 Å². The average Bonchev–Trinajstić information content (AvgIpc) is 3.70. The van der Waals surface area contributed by atoms with Crippen molar-refractivity contribution >= 4 is 29.1 Å². The van der Waals surface area contributed by atoms with Crippen molar-refractivity contribution in [3.63, 3.8) is 0 Å². The predicted molar refractivity (Wildman–Crippen MR) is 168 cm³/mol. The van der Waals surface area contributed by atoms with Crippen LogP contribution >= 0.6 is 0 Å². The van der Waals surface area contributed by atoms with Crippen molar-refractivity contribution in [1.29, 1.82) is 0 Å². The smallest absolute Gasteiger partial charge is 0.342 e. The van der Waals surface area contributed by atoms with Crippen molar-refractivity contribution in [3.8, 4) is 0 Å². The maximum atomic E-state index is 13.7. The van der Waals surface area contributed by atoms with Crippen molar-refractivity contribution in [1.82, 2.24) is 10.6 Å². The predicted octanol–water partition coefficient (Wildman–Crippen LogP) is 6.94. The second-order valence-electron chi connectivity index (χ2n) is 11.4. The molecule has 44 heavy (non-hydrogen) atoms. The van der Waals surface area contributed by atoms with Crippen LogP contribution in [0.15, 0.2) is 65.7 Å². The molecule has 2 N–H and O–H groups in total. The lowest BCUT2D eigenvalue weighted by atomic mass is 9.94. The Hall–Kier alpha value is -3.69. The van der Waals surface area contributed by atoms with Gasteiger partial charge >= 0.3 is 6.18 Å². The van der Waals surface area contributed by atoms with E-state index in [4.69, 9.17) is 0 Å². The van der Waals surface area contributed by atoms with Crippen molar-refractivity contribution < 1.29 is 27.6 Å². The molecular formula is C34H45F3N4O3. The number of nitrogens with one attached hydrogen (secondary N) is 2. The summed E-state index contributed by atoms with van der Waals surface area (Å²) < 4.78 is 40.1. The second-order valence-corrected chi connectivity index (χ2v) is 11.4. The molecule has 3 aliphatic rings. The Morgan fingerprint density at radius 3 is 2.41 bits per heavy atom. The van der Waals surface area contributed by atoms with E-state index < -0.39 is 35.3 Å². The number of rotatable bonds is 10. The number of carbonyl (C=O) groups is 3. The maximum Gasteiger partial charge on any atom is 0.416 e. The van der Waals surface area contributed by atoms with Crippen LogP contribution in [0.2, 0.25) is 0 Å². The minimum Gasteiger partial charge on any atom is -0.342 e. The quantitative estimate of drug-likeness (QED) is 0.280. The lowest BCUT2D eigenvalue weighted by Crippen LogP contribution is -2.60. The van der Waals surface area contributed by atoms with E-state index in [0.717, 1.165) is 50.3 Å². The van der Waals surface area contributed by atoms with Crippen LogP contribution in [0.1, 0.15) is 90.0 Å². The fourth-order valence-electron chi connectivity index (χ4n) is 6.13. The van der Waals surface area contributed by atoms with Crippen molar-refractivity contribution in [2.75, 3.05) is 11.9 Å². The van der Waals surface area contributed by atoms with E-state index in [-0.39, 0.29) is 12.3 Å². The monoisotopic (exact) mass is 614 g/mol. The summed E-state index contributed by atoms with van der Waals surface area (Å²) in [4.78, 5) is 46.1. The Balaban J connectivity index is 0.00000259. The molecule has 0 aromatic heterocycles. The summed E-state index contributed by atoms with van der Waals surface area (Å²) in [7, 11) is 1.57. The number of anilines is 1. The molecule has 2 aliphatic carbocycles. The molecule has 2 saturated carbocycles. The number of likely N-dealkylation sites (N-methyl/N-ethyl adjacent to an activating group) is 1. The van der Waals surface area contributed by atoms with E-state index >= 15 is 0 Å². The number of amides is 3. The molecule has 2 fully saturated rings. The first-order valence-electron chi connectivity index (χ1n) is 15.7. The van der Waals surface area contributed by atoms with Crippen molar-refractivity contribution in [3.05, 3.63) is 66.3 Å². The van der Waals surface area contributed by atoms with Gasteiger partial charge in [-0.1, -0.05) is 101 Å². The summed E-state index contributed by atoms with van der Waals surface area (Å²) in [6.45, 7) is 7.35. The van der Waals surface area contributed by atoms with E-state index in [1.165, 1.54) is 23.8 Å². The summed E-state index contributed by atoms with van der Waals surface area (Å²) in [6.07, 6.45) is 6.60. The number of alkyl halides is 3. The zero-order valence-electron chi connectivity index (χ0n) is 26.0. The molecule has 1 aliphatic heterocycles. The van der Waals surface area contributed by atoms with Gasteiger partial charge in [-0.05, 0) is 31.2 Å². The van der Waals surface area contributed by atoms with Crippen LogP contribution < -0.4 is 15.5 Å². The molecule has 1 aromatic carbocycles. The molecule has 7 nitrogen and oxygen atoms in total. The second kappa shape index (κ2) is 15.9. The summed E-state index contributed by atoms with van der Waals surface area (Å²) in [5.41, 5.74) is -0.542. The van der Waals surface area contributed by atoms with Crippen LogP contribution in [-0.2, 0) is 14.4 Å². The van der Waals surface area contributed by atoms with Gasteiger partial charge in [0.1, 0.15) is 5.54 Å². The van der Waals surface area contributed by atoms with E-state index in [1.807, 2.05) is 13.8 Å². The number of halogens is 3. The SMILES string of the molecule is C=C/C=C(\C=C/CC1=NC(NC(=O)C2(NC(=O)CCC3CCCC3)CCCC2)C(=O)N(C)c2ccccc21)C(F)(F)F.CC. The number of fused-ring (bicyclic) bond motifs is 1. The van der Waals surface area contributed by atoms with E-state index in [2.05, 4.69) is 22.2 Å².